The van der Waals surface area contributed by atoms with Gasteiger partial charge in [-0.1, -0.05) is 18.0 Å². The van der Waals surface area contributed by atoms with Gasteiger partial charge < -0.3 is 14.6 Å². The Kier molecular flexibility index (Phi) is 5.19. The minimum atomic E-state index is -0.402. The lowest BCUT2D eigenvalue weighted by molar-refractivity contribution is -0.113. The van der Waals surface area contributed by atoms with Crippen molar-refractivity contribution in [1.82, 2.24) is 14.8 Å². The Bertz CT molecular complexity index is 1200. The molecule has 1 amide bonds. The van der Waals surface area contributed by atoms with Crippen LogP contribution in [0.3, 0.4) is 0 Å². The molecule has 5 rings (SSSR count). The molecule has 0 spiro atoms. The van der Waals surface area contributed by atoms with Crippen LogP contribution in [0.5, 0.6) is 5.75 Å². The molecule has 2 aromatic carbocycles. The first-order valence-electron chi connectivity index (χ1n) is 10.2. The molecular formula is C23H20ClFN4O2. The highest BCUT2D eigenvalue weighted by Gasteiger charge is 2.21. The van der Waals surface area contributed by atoms with Crippen LogP contribution in [0.4, 0.5) is 10.1 Å². The second kappa shape index (κ2) is 8.15. The normalized spacial score (nSPS) is 15.2. The molecule has 0 atom stereocenters. The third kappa shape index (κ3) is 3.93. The van der Waals surface area contributed by atoms with Crippen LogP contribution >= 0.6 is 11.6 Å². The van der Waals surface area contributed by atoms with Crippen molar-refractivity contribution in [1.29, 1.82) is 0 Å². The molecule has 1 N–H and O–H groups in total. The maximum absolute atomic E-state index is 14.7. The maximum atomic E-state index is 14.7. The molecule has 1 aromatic heterocycles. The fourth-order valence-corrected chi connectivity index (χ4v) is 4.13. The lowest BCUT2D eigenvalue weighted by Gasteiger charge is -2.18. The molecule has 0 saturated carbocycles. The summed E-state index contributed by atoms with van der Waals surface area (Å²) in [4.78, 5) is 12.8. The first-order chi connectivity index (χ1) is 15.1. The second-order valence-corrected chi connectivity index (χ2v) is 8.13. The predicted molar refractivity (Wildman–Crippen MR) is 117 cm³/mol. The molecule has 0 unspecified atom stereocenters. The monoisotopic (exact) mass is 438 g/mol. The Labute approximate surface area is 183 Å². The van der Waals surface area contributed by atoms with Crippen LogP contribution in [0.25, 0.3) is 17.5 Å². The fraction of sp³-hybridized carbons (Fsp3) is 0.261. The number of nitrogens with zero attached hydrogens (tertiary/aromatic N) is 3. The number of aromatic nitrogens is 3. The van der Waals surface area contributed by atoms with E-state index in [1.807, 2.05) is 4.57 Å². The van der Waals surface area contributed by atoms with Crippen molar-refractivity contribution >= 4 is 29.3 Å². The molecule has 3 aromatic rings. The van der Waals surface area contributed by atoms with E-state index in [1.165, 1.54) is 12.1 Å². The van der Waals surface area contributed by atoms with Gasteiger partial charge in [-0.15, -0.1) is 10.2 Å². The van der Waals surface area contributed by atoms with E-state index in [0.29, 0.717) is 33.4 Å². The molecule has 0 bridgehead atoms. The Morgan fingerprint density at radius 1 is 1.13 bits per heavy atom. The summed E-state index contributed by atoms with van der Waals surface area (Å²) < 4.78 is 22.3. The molecule has 2 aliphatic heterocycles. The van der Waals surface area contributed by atoms with Crippen molar-refractivity contribution in [2.24, 2.45) is 0 Å². The molecule has 31 heavy (non-hydrogen) atoms. The van der Waals surface area contributed by atoms with Gasteiger partial charge in [0.2, 0.25) is 0 Å². The Hall–Kier alpha value is -3.19. The van der Waals surface area contributed by atoms with Crippen molar-refractivity contribution in [2.45, 2.75) is 32.2 Å². The van der Waals surface area contributed by atoms with Crippen LogP contribution in [0.2, 0.25) is 5.02 Å². The number of anilines is 1. The van der Waals surface area contributed by atoms with Crippen molar-refractivity contribution in [2.75, 3.05) is 11.9 Å². The zero-order valence-electron chi connectivity index (χ0n) is 16.7. The molecule has 0 aliphatic carbocycles. The highest BCUT2D eigenvalue weighted by atomic mass is 35.5. The minimum Gasteiger partial charge on any atom is -0.488 e. The zero-order chi connectivity index (χ0) is 21.4. The number of hydrogen-bond acceptors (Lipinski definition) is 4. The van der Waals surface area contributed by atoms with Gasteiger partial charge in [-0.3, -0.25) is 4.79 Å². The number of ether oxygens (including phenoxy) is 1. The summed E-state index contributed by atoms with van der Waals surface area (Å²) in [6, 6.07) is 9.73. The molecule has 0 fully saturated rings. The van der Waals surface area contributed by atoms with Gasteiger partial charge in [0, 0.05) is 29.2 Å². The molecule has 2 aliphatic rings. The molecule has 0 saturated heterocycles. The lowest BCUT2D eigenvalue weighted by Crippen LogP contribution is -2.21. The van der Waals surface area contributed by atoms with Gasteiger partial charge in [0.15, 0.2) is 5.82 Å². The van der Waals surface area contributed by atoms with Gasteiger partial charge in [-0.05, 0) is 55.3 Å². The molecular weight excluding hydrogens is 419 g/mol. The first kappa shape index (κ1) is 19.8. The number of nitrogens with one attached hydrogen (secondary N) is 1. The van der Waals surface area contributed by atoms with Crippen LogP contribution in [0.15, 0.2) is 42.0 Å². The van der Waals surface area contributed by atoms with Crippen LogP contribution in [0.1, 0.15) is 30.7 Å². The third-order valence-corrected chi connectivity index (χ3v) is 5.79. The minimum absolute atomic E-state index is 0.145. The van der Waals surface area contributed by atoms with E-state index in [0.717, 1.165) is 43.6 Å². The average molecular weight is 439 g/mol. The Morgan fingerprint density at radius 2 is 2.03 bits per heavy atom. The standard InChI is InChI=1S/C23H20ClFN4O2/c24-16-5-8-20-14(11-16)10-15(13-31-20)23(30)26-17-6-7-19(25)18(12-17)22-28-27-21-4-2-1-3-9-29(21)22/h5-8,10-12H,1-4,9,13H2,(H,26,30). The smallest absolute Gasteiger partial charge is 0.255 e. The predicted octanol–water partition coefficient (Wildman–Crippen LogP) is 4.88. The second-order valence-electron chi connectivity index (χ2n) is 7.69. The first-order valence-corrected chi connectivity index (χ1v) is 10.6. The van der Waals surface area contributed by atoms with Gasteiger partial charge in [0.05, 0.1) is 11.1 Å². The van der Waals surface area contributed by atoms with E-state index in [-0.39, 0.29) is 12.5 Å². The summed E-state index contributed by atoms with van der Waals surface area (Å²) in [5.74, 6) is 1.33. The lowest BCUT2D eigenvalue weighted by atomic mass is 10.1. The largest absolute Gasteiger partial charge is 0.488 e. The molecule has 3 heterocycles. The van der Waals surface area contributed by atoms with Gasteiger partial charge in [-0.25, -0.2) is 4.39 Å². The van der Waals surface area contributed by atoms with Crippen molar-refractivity contribution in [3.05, 3.63) is 64.2 Å². The summed E-state index contributed by atoms with van der Waals surface area (Å²) in [5.41, 5.74) is 2.00. The van der Waals surface area contributed by atoms with Crippen molar-refractivity contribution in [3.63, 3.8) is 0 Å². The highest BCUT2D eigenvalue weighted by molar-refractivity contribution is 6.30. The maximum Gasteiger partial charge on any atom is 0.255 e. The van der Waals surface area contributed by atoms with E-state index < -0.39 is 5.82 Å². The van der Waals surface area contributed by atoms with Gasteiger partial charge in [-0.2, -0.15) is 0 Å². The number of hydrogen-bond donors (Lipinski definition) is 1. The number of carbonyl (C=O) groups is 1. The number of fused-ring (bicyclic) bond motifs is 2. The number of rotatable bonds is 3. The average Bonchev–Trinajstić information content (AvgIpc) is 3.02. The Morgan fingerprint density at radius 3 is 2.94 bits per heavy atom. The summed E-state index contributed by atoms with van der Waals surface area (Å²) in [5, 5.41) is 11.9. The van der Waals surface area contributed by atoms with E-state index in [4.69, 9.17) is 16.3 Å². The summed E-state index contributed by atoms with van der Waals surface area (Å²) >= 11 is 6.04. The van der Waals surface area contributed by atoms with Crippen LogP contribution < -0.4 is 10.1 Å². The van der Waals surface area contributed by atoms with Crippen molar-refractivity contribution < 1.29 is 13.9 Å². The van der Waals surface area contributed by atoms with Gasteiger partial charge >= 0.3 is 0 Å². The molecule has 158 valence electrons. The van der Waals surface area contributed by atoms with Crippen LogP contribution in [-0.4, -0.2) is 27.3 Å². The van der Waals surface area contributed by atoms with Crippen LogP contribution in [-0.2, 0) is 17.8 Å². The van der Waals surface area contributed by atoms with Crippen LogP contribution in [0, 0.1) is 5.82 Å². The number of benzene rings is 2. The third-order valence-electron chi connectivity index (χ3n) is 5.55. The van der Waals surface area contributed by atoms with Gasteiger partial charge in [0.25, 0.3) is 5.91 Å². The zero-order valence-corrected chi connectivity index (χ0v) is 17.5. The van der Waals surface area contributed by atoms with E-state index in [9.17, 15) is 9.18 Å². The number of amides is 1. The number of halogens is 2. The Balaban J connectivity index is 1.41. The highest BCUT2D eigenvalue weighted by Crippen LogP contribution is 2.30. The van der Waals surface area contributed by atoms with Gasteiger partial charge in [0.1, 0.15) is 24.0 Å². The SMILES string of the molecule is O=C(Nc1ccc(F)c(-c2nnc3n2CCCCC3)c1)C1=Cc2cc(Cl)ccc2OC1. The molecule has 6 nitrogen and oxygen atoms in total. The summed E-state index contributed by atoms with van der Waals surface area (Å²) in [7, 11) is 0. The van der Waals surface area contributed by atoms with E-state index >= 15 is 0 Å². The van der Waals surface area contributed by atoms with E-state index in [1.54, 1.807) is 30.3 Å². The molecule has 8 heteroatoms. The topological polar surface area (TPSA) is 69.0 Å². The fourth-order valence-electron chi connectivity index (χ4n) is 3.95. The quantitative estimate of drug-likeness (QED) is 0.632. The number of carbonyl (C=O) groups excluding carboxylic acids is 1. The van der Waals surface area contributed by atoms with Crippen molar-refractivity contribution in [3.8, 4) is 17.1 Å². The summed E-state index contributed by atoms with van der Waals surface area (Å²) in [6.07, 6.45) is 5.78. The molecule has 0 radical (unpaired) electrons. The summed E-state index contributed by atoms with van der Waals surface area (Å²) in [6.45, 7) is 0.909. The number of aryl methyl sites for hydroxylation is 1. The van der Waals surface area contributed by atoms with E-state index in [2.05, 4.69) is 15.5 Å².